The Labute approximate surface area is 98.4 Å². The predicted molar refractivity (Wildman–Crippen MR) is 70.0 cm³/mol. The van der Waals surface area contributed by atoms with Crippen LogP contribution in [0.1, 0.15) is 25.0 Å². The van der Waals surface area contributed by atoms with Crippen LogP contribution >= 0.6 is 0 Å². The van der Waals surface area contributed by atoms with Crippen molar-refractivity contribution in [1.29, 1.82) is 0 Å². The van der Waals surface area contributed by atoms with Gasteiger partial charge in [0.25, 0.3) is 0 Å². The van der Waals surface area contributed by atoms with Crippen LogP contribution in [0.25, 0.3) is 0 Å². The Hall–Kier alpha value is -1.02. The molecular formula is C14H22N2. The second kappa shape index (κ2) is 4.88. The second-order valence-electron chi connectivity index (χ2n) is 5.04. The molecule has 1 aliphatic rings. The summed E-state index contributed by atoms with van der Waals surface area (Å²) in [6.07, 6.45) is 2.21. The van der Waals surface area contributed by atoms with E-state index in [4.69, 9.17) is 5.73 Å². The van der Waals surface area contributed by atoms with Gasteiger partial charge < -0.3 is 10.6 Å². The van der Waals surface area contributed by atoms with Gasteiger partial charge in [-0.1, -0.05) is 26.0 Å². The lowest BCUT2D eigenvalue weighted by Crippen LogP contribution is -2.25. The average Bonchev–Trinajstić information content (AvgIpc) is 2.63. The van der Waals surface area contributed by atoms with E-state index in [1.165, 1.54) is 36.3 Å². The number of rotatable bonds is 4. The number of benzene rings is 1. The molecule has 1 heterocycles. The summed E-state index contributed by atoms with van der Waals surface area (Å²) in [6.45, 7) is 7.65. The molecule has 0 fully saturated rings. The minimum Gasteiger partial charge on any atom is -0.371 e. The Bertz CT molecular complexity index is 358. The van der Waals surface area contributed by atoms with Crippen LogP contribution in [-0.2, 0) is 12.8 Å². The second-order valence-corrected chi connectivity index (χ2v) is 5.04. The van der Waals surface area contributed by atoms with Crippen LogP contribution in [0.15, 0.2) is 18.2 Å². The fourth-order valence-electron chi connectivity index (χ4n) is 2.59. The maximum Gasteiger partial charge on any atom is 0.0402 e. The molecule has 0 aliphatic carbocycles. The van der Waals surface area contributed by atoms with E-state index in [-0.39, 0.29) is 0 Å². The first-order valence-corrected chi connectivity index (χ1v) is 6.28. The number of hydrogen-bond donors (Lipinski definition) is 1. The molecule has 2 nitrogen and oxygen atoms in total. The van der Waals surface area contributed by atoms with Gasteiger partial charge in [0.1, 0.15) is 0 Å². The lowest BCUT2D eigenvalue weighted by Gasteiger charge is -2.21. The largest absolute Gasteiger partial charge is 0.371 e. The summed E-state index contributed by atoms with van der Waals surface area (Å²) in [5.74, 6) is 0.726. The van der Waals surface area contributed by atoms with Gasteiger partial charge in [0.15, 0.2) is 0 Å². The van der Waals surface area contributed by atoms with Crippen molar-refractivity contribution < 1.29 is 0 Å². The average molecular weight is 218 g/mol. The van der Waals surface area contributed by atoms with Crippen LogP contribution in [0, 0.1) is 5.92 Å². The number of fused-ring (bicyclic) bond motifs is 1. The van der Waals surface area contributed by atoms with E-state index in [1.807, 2.05) is 0 Å². The molecule has 2 heteroatoms. The molecule has 2 N–H and O–H groups in total. The van der Waals surface area contributed by atoms with Gasteiger partial charge in [-0.15, -0.1) is 0 Å². The van der Waals surface area contributed by atoms with Gasteiger partial charge in [0.05, 0.1) is 0 Å². The summed E-state index contributed by atoms with van der Waals surface area (Å²) in [5.41, 5.74) is 10.1. The summed E-state index contributed by atoms with van der Waals surface area (Å²) in [5, 5.41) is 0. The predicted octanol–water partition coefficient (Wildman–Crippen LogP) is 2.21. The lowest BCUT2D eigenvalue weighted by molar-refractivity contribution is 0.622. The Morgan fingerprint density at radius 2 is 2.19 bits per heavy atom. The summed E-state index contributed by atoms with van der Waals surface area (Å²) in [7, 11) is 0. The highest BCUT2D eigenvalue weighted by molar-refractivity contribution is 5.61. The fourth-order valence-corrected chi connectivity index (χ4v) is 2.59. The van der Waals surface area contributed by atoms with Crippen LogP contribution < -0.4 is 10.6 Å². The molecule has 1 aliphatic heterocycles. The molecule has 1 aromatic rings. The molecule has 0 saturated carbocycles. The Kier molecular flexibility index (Phi) is 3.49. The topological polar surface area (TPSA) is 29.3 Å². The molecule has 0 spiro atoms. The first-order valence-electron chi connectivity index (χ1n) is 6.28. The zero-order valence-corrected chi connectivity index (χ0v) is 10.4. The third-order valence-electron chi connectivity index (χ3n) is 3.22. The lowest BCUT2D eigenvalue weighted by atomic mass is 10.0. The monoisotopic (exact) mass is 218 g/mol. The van der Waals surface area contributed by atoms with Crippen LogP contribution in [0.2, 0.25) is 0 Å². The van der Waals surface area contributed by atoms with Crippen LogP contribution in [0.3, 0.4) is 0 Å². The highest BCUT2D eigenvalue weighted by Gasteiger charge is 2.21. The third-order valence-corrected chi connectivity index (χ3v) is 3.22. The highest BCUT2D eigenvalue weighted by Crippen LogP contribution is 2.31. The van der Waals surface area contributed by atoms with Gasteiger partial charge >= 0.3 is 0 Å². The maximum atomic E-state index is 5.66. The van der Waals surface area contributed by atoms with Crippen molar-refractivity contribution >= 4 is 5.69 Å². The van der Waals surface area contributed by atoms with Crippen molar-refractivity contribution in [2.24, 2.45) is 11.7 Å². The molecule has 1 aromatic carbocycles. The minimum absolute atomic E-state index is 0.726. The standard InChI is InChI=1S/C14H22N2/c1-11(2)10-16-9-7-13-12(6-8-15)4-3-5-14(13)16/h3-5,11H,6-10,15H2,1-2H3. The first kappa shape index (κ1) is 11.5. The molecule has 0 radical (unpaired) electrons. The van der Waals surface area contributed by atoms with Gasteiger partial charge in [0.2, 0.25) is 0 Å². The van der Waals surface area contributed by atoms with Crippen molar-refractivity contribution in [3.05, 3.63) is 29.3 Å². The van der Waals surface area contributed by atoms with Crippen molar-refractivity contribution in [2.75, 3.05) is 24.5 Å². The third kappa shape index (κ3) is 2.22. The molecule has 0 unspecified atom stereocenters. The summed E-state index contributed by atoms with van der Waals surface area (Å²) < 4.78 is 0. The van der Waals surface area contributed by atoms with Crippen LogP contribution in [0.5, 0.6) is 0 Å². The van der Waals surface area contributed by atoms with E-state index < -0.39 is 0 Å². The molecule has 0 aromatic heterocycles. The Morgan fingerprint density at radius 3 is 2.88 bits per heavy atom. The number of hydrogen-bond acceptors (Lipinski definition) is 2. The van der Waals surface area contributed by atoms with Crippen molar-refractivity contribution in [3.63, 3.8) is 0 Å². The first-order chi connectivity index (χ1) is 7.72. The molecule has 0 atom stereocenters. The van der Waals surface area contributed by atoms with E-state index in [9.17, 15) is 0 Å². The van der Waals surface area contributed by atoms with Gasteiger partial charge in [-0.3, -0.25) is 0 Å². The molecule has 2 rings (SSSR count). The zero-order valence-electron chi connectivity index (χ0n) is 10.4. The van der Waals surface area contributed by atoms with E-state index in [2.05, 4.69) is 36.9 Å². The van der Waals surface area contributed by atoms with Crippen LogP contribution in [-0.4, -0.2) is 19.6 Å². The fraction of sp³-hybridized carbons (Fsp3) is 0.571. The summed E-state index contributed by atoms with van der Waals surface area (Å²) in [4.78, 5) is 2.51. The summed E-state index contributed by atoms with van der Waals surface area (Å²) in [6, 6.07) is 6.65. The quantitative estimate of drug-likeness (QED) is 0.839. The molecular weight excluding hydrogens is 196 g/mol. The van der Waals surface area contributed by atoms with Crippen molar-refractivity contribution in [2.45, 2.75) is 26.7 Å². The van der Waals surface area contributed by atoms with Crippen molar-refractivity contribution in [3.8, 4) is 0 Å². The molecule has 0 saturated heterocycles. The zero-order chi connectivity index (χ0) is 11.5. The smallest absolute Gasteiger partial charge is 0.0402 e. The highest BCUT2D eigenvalue weighted by atomic mass is 15.1. The van der Waals surface area contributed by atoms with E-state index >= 15 is 0 Å². The number of nitrogens with zero attached hydrogens (tertiary/aromatic N) is 1. The van der Waals surface area contributed by atoms with E-state index in [0.717, 1.165) is 18.9 Å². The molecule has 88 valence electrons. The van der Waals surface area contributed by atoms with Gasteiger partial charge in [-0.25, -0.2) is 0 Å². The van der Waals surface area contributed by atoms with Gasteiger partial charge in [-0.05, 0) is 42.5 Å². The minimum atomic E-state index is 0.726. The summed E-state index contributed by atoms with van der Waals surface area (Å²) >= 11 is 0. The number of nitrogens with two attached hydrogens (primary N) is 1. The van der Waals surface area contributed by atoms with Gasteiger partial charge in [-0.2, -0.15) is 0 Å². The molecule has 0 amide bonds. The SMILES string of the molecule is CC(C)CN1CCc2c(CCN)cccc21. The van der Waals surface area contributed by atoms with Gasteiger partial charge in [0, 0.05) is 18.8 Å². The Balaban J connectivity index is 2.23. The maximum absolute atomic E-state index is 5.66. The van der Waals surface area contributed by atoms with E-state index in [0.29, 0.717) is 0 Å². The molecule has 16 heavy (non-hydrogen) atoms. The van der Waals surface area contributed by atoms with Crippen molar-refractivity contribution in [1.82, 2.24) is 0 Å². The van der Waals surface area contributed by atoms with Crippen LogP contribution in [0.4, 0.5) is 5.69 Å². The Morgan fingerprint density at radius 1 is 1.38 bits per heavy atom. The molecule has 0 bridgehead atoms. The van der Waals surface area contributed by atoms with E-state index in [1.54, 1.807) is 0 Å². The normalized spacial score (nSPS) is 14.6. The number of anilines is 1.